The second-order valence-electron chi connectivity index (χ2n) is 5.74. The summed E-state index contributed by atoms with van der Waals surface area (Å²) in [6.45, 7) is 6.98. The number of hydrogen-bond donors (Lipinski definition) is 1. The van der Waals surface area contributed by atoms with Gasteiger partial charge in [0, 0.05) is 11.1 Å². The zero-order valence-electron chi connectivity index (χ0n) is 9.94. The maximum Gasteiger partial charge on any atom is 0.462 e. The van der Waals surface area contributed by atoms with E-state index in [1.54, 1.807) is 27.7 Å². The van der Waals surface area contributed by atoms with Gasteiger partial charge < -0.3 is 5.32 Å². The van der Waals surface area contributed by atoms with Crippen LogP contribution in [0.25, 0.3) is 0 Å². The quantitative estimate of drug-likeness (QED) is 0.437. The molecule has 1 heterocycles. The van der Waals surface area contributed by atoms with Gasteiger partial charge in [-0.25, -0.2) is 0 Å². The summed E-state index contributed by atoms with van der Waals surface area (Å²) in [6, 6.07) is 0. The van der Waals surface area contributed by atoms with E-state index in [4.69, 9.17) is 0 Å². The average Bonchev–Trinajstić information content (AvgIpc) is 1.96. The Morgan fingerprint density at radius 1 is 0.938 bits per heavy atom. The molecular weight excluding hydrogens is 214 g/mol. The van der Waals surface area contributed by atoms with Gasteiger partial charge in [-0.3, -0.25) is 20.2 Å². The summed E-state index contributed by atoms with van der Waals surface area (Å²) in [6.07, 6.45) is -0.215. The van der Waals surface area contributed by atoms with Gasteiger partial charge >= 0.3 is 5.66 Å². The van der Waals surface area contributed by atoms with Gasteiger partial charge in [0.05, 0.1) is 9.85 Å². The topological polar surface area (TPSA) is 98.3 Å². The third-order valence-electron chi connectivity index (χ3n) is 2.81. The SMILES string of the molecule is CC1(C)CC([N+](=O)[O-])([N+](=O)[O-])CC(C)(C)N1. The number of nitrogens with zero attached hydrogens (tertiary/aromatic N) is 2. The fourth-order valence-electron chi connectivity index (χ4n) is 2.81. The molecule has 0 aromatic heterocycles. The van der Waals surface area contributed by atoms with E-state index < -0.39 is 26.6 Å². The molecule has 1 saturated heterocycles. The van der Waals surface area contributed by atoms with Crippen LogP contribution in [0, 0.1) is 20.2 Å². The lowest BCUT2D eigenvalue weighted by molar-refractivity contribution is -0.803. The van der Waals surface area contributed by atoms with Crippen molar-refractivity contribution in [1.82, 2.24) is 5.32 Å². The van der Waals surface area contributed by atoms with Crippen LogP contribution in [0.5, 0.6) is 0 Å². The Labute approximate surface area is 93.5 Å². The molecule has 0 aliphatic carbocycles. The number of piperidine rings is 1. The van der Waals surface area contributed by atoms with E-state index in [0.29, 0.717) is 0 Å². The van der Waals surface area contributed by atoms with Crippen LogP contribution in [0.1, 0.15) is 40.5 Å². The molecule has 0 saturated carbocycles. The summed E-state index contributed by atoms with van der Waals surface area (Å²) >= 11 is 0. The predicted molar refractivity (Wildman–Crippen MR) is 57.2 cm³/mol. The van der Waals surface area contributed by atoms with Crippen molar-refractivity contribution in [2.75, 3.05) is 0 Å². The second-order valence-corrected chi connectivity index (χ2v) is 5.74. The molecule has 0 aromatic rings. The van der Waals surface area contributed by atoms with Crippen LogP contribution in [0.4, 0.5) is 0 Å². The third-order valence-corrected chi connectivity index (χ3v) is 2.81. The molecule has 16 heavy (non-hydrogen) atoms. The lowest BCUT2D eigenvalue weighted by Gasteiger charge is -2.44. The first-order valence-electron chi connectivity index (χ1n) is 5.09. The van der Waals surface area contributed by atoms with Gasteiger partial charge in [-0.15, -0.1) is 0 Å². The Hall–Kier alpha value is -1.24. The summed E-state index contributed by atoms with van der Waals surface area (Å²) in [4.78, 5) is 20.6. The number of nitro groups is 2. The third kappa shape index (κ3) is 2.13. The molecule has 7 nitrogen and oxygen atoms in total. The highest BCUT2D eigenvalue weighted by atomic mass is 16.7. The number of rotatable bonds is 2. The van der Waals surface area contributed by atoms with E-state index in [1.807, 2.05) is 0 Å². The van der Waals surface area contributed by atoms with Crippen LogP contribution in [-0.2, 0) is 0 Å². The van der Waals surface area contributed by atoms with E-state index in [1.165, 1.54) is 0 Å². The normalized spacial score (nSPS) is 26.0. The van der Waals surface area contributed by atoms with Crippen molar-refractivity contribution in [3.63, 3.8) is 0 Å². The first-order valence-corrected chi connectivity index (χ1v) is 5.09. The van der Waals surface area contributed by atoms with Crippen molar-refractivity contribution in [2.45, 2.75) is 57.3 Å². The largest absolute Gasteiger partial charge is 0.462 e. The lowest BCUT2D eigenvalue weighted by atomic mass is 9.76. The van der Waals surface area contributed by atoms with Crippen LogP contribution < -0.4 is 5.32 Å². The average molecular weight is 231 g/mol. The molecule has 1 aliphatic rings. The summed E-state index contributed by atoms with van der Waals surface area (Å²) in [5.41, 5.74) is -3.32. The molecule has 1 aliphatic heterocycles. The van der Waals surface area contributed by atoms with Gasteiger partial charge in [-0.2, -0.15) is 0 Å². The Bertz CT molecular complexity index is 306. The maximum atomic E-state index is 11.0. The van der Waals surface area contributed by atoms with Gasteiger partial charge in [-0.05, 0) is 27.7 Å². The minimum atomic E-state index is -2.07. The molecule has 0 aromatic carbocycles. The molecule has 1 rings (SSSR count). The van der Waals surface area contributed by atoms with Crippen molar-refractivity contribution in [1.29, 1.82) is 0 Å². The first kappa shape index (κ1) is 12.8. The summed E-state index contributed by atoms with van der Waals surface area (Å²) in [5, 5.41) is 25.2. The van der Waals surface area contributed by atoms with Gasteiger partial charge in [0.2, 0.25) is 0 Å². The number of hydrogen-bond acceptors (Lipinski definition) is 5. The van der Waals surface area contributed by atoms with E-state index in [0.717, 1.165) is 0 Å². The lowest BCUT2D eigenvalue weighted by Crippen LogP contribution is -2.68. The van der Waals surface area contributed by atoms with E-state index >= 15 is 0 Å². The fraction of sp³-hybridized carbons (Fsp3) is 1.00. The molecule has 92 valence electrons. The van der Waals surface area contributed by atoms with Gasteiger partial charge in [0.1, 0.15) is 12.8 Å². The molecule has 0 atom stereocenters. The second kappa shape index (κ2) is 3.38. The van der Waals surface area contributed by atoms with Gasteiger partial charge in [0.15, 0.2) is 0 Å². The molecule has 0 radical (unpaired) electrons. The zero-order valence-corrected chi connectivity index (χ0v) is 9.94. The fourth-order valence-corrected chi connectivity index (χ4v) is 2.81. The van der Waals surface area contributed by atoms with E-state index in [-0.39, 0.29) is 12.8 Å². The highest BCUT2D eigenvalue weighted by molar-refractivity contribution is 5.00. The first-order chi connectivity index (χ1) is 7.01. The minimum absolute atomic E-state index is 0.108. The van der Waals surface area contributed by atoms with Crippen molar-refractivity contribution < 1.29 is 9.85 Å². The van der Waals surface area contributed by atoms with Gasteiger partial charge in [0.25, 0.3) is 0 Å². The standard InChI is InChI=1S/C9H17N3O4/c1-7(2)5-9(11(13)14,12(15)16)6-8(3,4)10-7/h10H,5-6H2,1-4H3. The van der Waals surface area contributed by atoms with Crippen LogP contribution in [-0.4, -0.2) is 26.6 Å². The van der Waals surface area contributed by atoms with Crippen LogP contribution in [0.15, 0.2) is 0 Å². The Balaban J connectivity index is 3.21. The van der Waals surface area contributed by atoms with Crippen molar-refractivity contribution >= 4 is 0 Å². The highest BCUT2D eigenvalue weighted by Crippen LogP contribution is 2.38. The molecule has 1 N–H and O–H groups in total. The van der Waals surface area contributed by atoms with E-state index in [2.05, 4.69) is 5.32 Å². The number of nitrogens with one attached hydrogen (secondary N) is 1. The van der Waals surface area contributed by atoms with Crippen LogP contribution in [0.3, 0.4) is 0 Å². The van der Waals surface area contributed by atoms with Crippen LogP contribution in [0.2, 0.25) is 0 Å². The summed E-state index contributed by atoms with van der Waals surface area (Å²) in [5.74, 6) is 0. The zero-order chi connectivity index (χ0) is 12.8. The van der Waals surface area contributed by atoms with Crippen molar-refractivity contribution in [3.05, 3.63) is 20.2 Å². The molecule has 7 heteroatoms. The molecule has 0 spiro atoms. The molecule has 0 bridgehead atoms. The van der Waals surface area contributed by atoms with Gasteiger partial charge in [-0.1, -0.05) is 0 Å². The molecular formula is C9H17N3O4. The van der Waals surface area contributed by atoms with Crippen LogP contribution >= 0.6 is 0 Å². The minimum Gasteiger partial charge on any atom is -0.306 e. The maximum absolute atomic E-state index is 11.0. The Morgan fingerprint density at radius 2 is 1.25 bits per heavy atom. The Kier molecular flexibility index (Phi) is 2.71. The predicted octanol–water partition coefficient (Wildman–Crippen LogP) is 1.18. The monoisotopic (exact) mass is 231 g/mol. The molecule has 0 amide bonds. The van der Waals surface area contributed by atoms with Crippen molar-refractivity contribution in [3.8, 4) is 0 Å². The summed E-state index contributed by atoms with van der Waals surface area (Å²) in [7, 11) is 0. The highest BCUT2D eigenvalue weighted by Gasteiger charge is 2.65. The molecule has 0 unspecified atom stereocenters. The smallest absolute Gasteiger partial charge is 0.306 e. The van der Waals surface area contributed by atoms with E-state index in [9.17, 15) is 20.2 Å². The summed E-state index contributed by atoms with van der Waals surface area (Å²) < 4.78 is 0. The molecule has 1 fully saturated rings. The Morgan fingerprint density at radius 3 is 1.50 bits per heavy atom. The van der Waals surface area contributed by atoms with Crippen molar-refractivity contribution in [2.24, 2.45) is 0 Å².